The number of nitrogens with zero attached hydrogens (tertiary/aromatic N) is 2. The molecule has 1 N–H and O–H groups in total. The van der Waals surface area contributed by atoms with Crippen molar-refractivity contribution >= 4 is 22.2 Å². The van der Waals surface area contributed by atoms with Crippen LogP contribution >= 0.6 is 11.3 Å². The average molecular weight is 283 g/mol. The zero-order valence-corrected chi connectivity index (χ0v) is 12.5. The zero-order valence-electron chi connectivity index (χ0n) is 11.7. The van der Waals surface area contributed by atoms with E-state index in [0.717, 1.165) is 28.9 Å². The van der Waals surface area contributed by atoms with Crippen LogP contribution < -0.4 is 5.32 Å². The van der Waals surface area contributed by atoms with Gasteiger partial charge >= 0.3 is 0 Å². The highest BCUT2D eigenvalue weighted by Crippen LogP contribution is 2.30. The molecule has 0 aliphatic carbocycles. The summed E-state index contributed by atoms with van der Waals surface area (Å²) in [6.45, 7) is 3.04. The first-order valence-corrected chi connectivity index (χ1v) is 7.61. The number of hydrogen-bond donors (Lipinski definition) is 1. The lowest BCUT2D eigenvalue weighted by atomic mass is 10.1. The van der Waals surface area contributed by atoms with Crippen molar-refractivity contribution < 1.29 is 0 Å². The van der Waals surface area contributed by atoms with E-state index in [0.29, 0.717) is 0 Å². The first-order chi connectivity index (χ1) is 9.81. The molecule has 0 spiro atoms. The van der Waals surface area contributed by atoms with E-state index >= 15 is 0 Å². The minimum atomic E-state index is 0.885. The van der Waals surface area contributed by atoms with Gasteiger partial charge in [0.2, 0.25) is 0 Å². The normalized spacial score (nSPS) is 11.1. The Kier molecular flexibility index (Phi) is 3.76. The maximum Gasteiger partial charge on any atom is 0.123 e. The Morgan fingerprint density at radius 1 is 1.25 bits per heavy atom. The standard InChI is InChI=1S/C16H17N3S/c1-3-13-15(10-17-2)20-16(19-13)12-6-7-14-11(9-12)5-4-8-18-14/h4-9,17H,3,10H2,1-2H3. The van der Waals surface area contributed by atoms with Gasteiger partial charge in [-0.05, 0) is 37.7 Å². The van der Waals surface area contributed by atoms with Crippen molar-refractivity contribution in [1.29, 1.82) is 0 Å². The molecule has 0 unspecified atom stereocenters. The minimum Gasteiger partial charge on any atom is -0.315 e. The molecule has 20 heavy (non-hydrogen) atoms. The van der Waals surface area contributed by atoms with Crippen LogP contribution in [-0.4, -0.2) is 17.0 Å². The highest BCUT2D eigenvalue weighted by molar-refractivity contribution is 7.15. The van der Waals surface area contributed by atoms with Gasteiger partial charge in [-0.3, -0.25) is 4.98 Å². The van der Waals surface area contributed by atoms with Crippen LogP contribution in [-0.2, 0) is 13.0 Å². The Bertz CT molecular complexity index is 733. The van der Waals surface area contributed by atoms with Crippen LogP contribution in [0, 0.1) is 0 Å². The van der Waals surface area contributed by atoms with Gasteiger partial charge in [0.05, 0.1) is 11.2 Å². The number of hydrogen-bond acceptors (Lipinski definition) is 4. The molecule has 0 saturated carbocycles. The Hall–Kier alpha value is -1.78. The summed E-state index contributed by atoms with van der Waals surface area (Å²) in [5.74, 6) is 0. The van der Waals surface area contributed by atoms with Gasteiger partial charge in [-0.15, -0.1) is 11.3 Å². The first kappa shape index (κ1) is 13.2. The summed E-state index contributed by atoms with van der Waals surface area (Å²) >= 11 is 1.78. The fraction of sp³-hybridized carbons (Fsp3) is 0.250. The second-order valence-electron chi connectivity index (χ2n) is 4.68. The average Bonchev–Trinajstić information content (AvgIpc) is 2.90. The molecule has 4 heteroatoms. The van der Waals surface area contributed by atoms with E-state index < -0.39 is 0 Å². The van der Waals surface area contributed by atoms with Gasteiger partial charge in [-0.2, -0.15) is 0 Å². The smallest absolute Gasteiger partial charge is 0.123 e. The summed E-state index contributed by atoms with van der Waals surface area (Å²) in [4.78, 5) is 10.5. The van der Waals surface area contributed by atoms with Crippen molar-refractivity contribution in [1.82, 2.24) is 15.3 Å². The van der Waals surface area contributed by atoms with Crippen molar-refractivity contribution in [3.8, 4) is 10.6 Å². The maximum absolute atomic E-state index is 4.78. The van der Waals surface area contributed by atoms with Crippen LogP contribution in [0.5, 0.6) is 0 Å². The molecule has 0 amide bonds. The Balaban J connectivity index is 2.05. The van der Waals surface area contributed by atoms with Crippen molar-refractivity contribution in [2.75, 3.05) is 7.05 Å². The fourth-order valence-electron chi connectivity index (χ4n) is 2.29. The van der Waals surface area contributed by atoms with E-state index in [1.807, 2.05) is 19.3 Å². The SMILES string of the molecule is CCc1nc(-c2ccc3ncccc3c2)sc1CNC. The second kappa shape index (κ2) is 5.69. The van der Waals surface area contributed by atoms with Gasteiger partial charge in [-0.25, -0.2) is 4.98 Å². The third-order valence-corrected chi connectivity index (χ3v) is 4.45. The Morgan fingerprint density at radius 3 is 2.95 bits per heavy atom. The molecule has 3 nitrogen and oxygen atoms in total. The monoisotopic (exact) mass is 283 g/mol. The Labute approximate surface area is 122 Å². The van der Waals surface area contributed by atoms with Crippen LogP contribution in [0.4, 0.5) is 0 Å². The summed E-state index contributed by atoms with van der Waals surface area (Å²) in [6.07, 6.45) is 2.80. The molecule has 1 aromatic carbocycles. The molecule has 0 radical (unpaired) electrons. The Morgan fingerprint density at radius 2 is 2.15 bits per heavy atom. The molecule has 0 aliphatic heterocycles. The molecular formula is C16H17N3S. The lowest BCUT2D eigenvalue weighted by Gasteiger charge is -1.99. The van der Waals surface area contributed by atoms with Crippen LogP contribution in [0.15, 0.2) is 36.5 Å². The topological polar surface area (TPSA) is 37.8 Å². The van der Waals surface area contributed by atoms with Crippen molar-refractivity contribution in [2.45, 2.75) is 19.9 Å². The fourth-order valence-corrected chi connectivity index (χ4v) is 3.45. The molecular weight excluding hydrogens is 266 g/mol. The van der Waals surface area contributed by atoms with Crippen LogP contribution in [0.1, 0.15) is 17.5 Å². The van der Waals surface area contributed by atoms with E-state index in [2.05, 4.69) is 41.5 Å². The molecule has 0 saturated heterocycles. The van der Waals surface area contributed by atoms with Crippen LogP contribution in [0.3, 0.4) is 0 Å². The van der Waals surface area contributed by atoms with Crippen molar-refractivity contribution in [3.05, 3.63) is 47.1 Å². The highest BCUT2D eigenvalue weighted by atomic mass is 32.1. The molecule has 0 fully saturated rings. The lowest BCUT2D eigenvalue weighted by Crippen LogP contribution is -2.05. The number of nitrogens with one attached hydrogen (secondary N) is 1. The molecule has 0 aliphatic rings. The van der Waals surface area contributed by atoms with Gasteiger partial charge in [-0.1, -0.05) is 13.0 Å². The second-order valence-corrected chi connectivity index (χ2v) is 5.77. The number of fused-ring (bicyclic) bond motifs is 1. The van der Waals surface area contributed by atoms with Crippen LogP contribution in [0.2, 0.25) is 0 Å². The van der Waals surface area contributed by atoms with Crippen LogP contribution in [0.25, 0.3) is 21.5 Å². The maximum atomic E-state index is 4.78. The van der Waals surface area contributed by atoms with Gasteiger partial charge in [0.1, 0.15) is 5.01 Å². The number of aromatic nitrogens is 2. The predicted octanol–water partition coefficient (Wildman–Crippen LogP) is 3.64. The van der Waals surface area contributed by atoms with Crippen molar-refractivity contribution in [2.24, 2.45) is 0 Å². The summed E-state index contributed by atoms with van der Waals surface area (Å²) in [7, 11) is 1.97. The largest absolute Gasteiger partial charge is 0.315 e. The molecule has 3 aromatic rings. The van der Waals surface area contributed by atoms with Gasteiger partial charge in [0, 0.05) is 28.6 Å². The number of benzene rings is 1. The summed E-state index contributed by atoms with van der Waals surface area (Å²) < 4.78 is 0. The van der Waals surface area contributed by atoms with Gasteiger partial charge in [0.15, 0.2) is 0 Å². The van der Waals surface area contributed by atoms with Gasteiger partial charge in [0.25, 0.3) is 0 Å². The summed E-state index contributed by atoms with van der Waals surface area (Å²) in [5.41, 5.74) is 3.40. The molecule has 102 valence electrons. The number of pyridine rings is 1. The molecule has 2 heterocycles. The zero-order chi connectivity index (χ0) is 13.9. The van der Waals surface area contributed by atoms with E-state index in [1.54, 1.807) is 11.3 Å². The molecule has 0 bridgehead atoms. The lowest BCUT2D eigenvalue weighted by molar-refractivity contribution is 0.815. The third kappa shape index (κ3) is 2.44. The van der Waals surface area contributed by atoms with E-state index in [4.69, 9.17) is 4.98 Å². The first-order valence-electron chi connectivity index (χ1n) is 6.80. The van der Waals surface area contributed by atoms with E-state index in [9.17, 15) is 0 Å². The molecule has 2 aromatic heterocycles. The van der Waals surface area contributed by atoms with Crippen molar-refractivity contribution in [3.63, 3.8) is 0 Å². The predicted molar refractivity (Wildman–Crippen MR) is 85.0 cm³/mol. The molecule has 3 rings (SSSR count). The summed E-state index contributed by atoms with van der Waals surface area (Å²) in [5, 5.41) is 5.47. The highest BCUT2D eigenvalue weighted by Gasteiger charge is 2.11. The quantitative estimate of drug-likeness (QED) is 0.794. The number of aryl methyl sites for hydroxylation is 1. The minimum absolute atomic E-state index is 0.885. The molecule has 0 atom stereocenters. The van der Waals surface area contributed by atoms with Gasteiger partial charge < -0.3 is 5.32 Å². The van der Waals surface area contributed by atoms with E-state index in [-0.39, 0.29) is 0 Å². The number of thiazole rings is 1. The summed E-state index contributed by atoms with van der Waals surface area (Å²) in [6, 6.07) is 10.4. The third-order valence-electron chi connectivity index (χ3n) is 3.30. The number of rotatable bonds is 4. The van der Waals surface area contributed by atoms with E-state index in [1.165, 1.54) is 16.1 Å².